The zero-order valence-electron chi connectivity index (χ0n) is 8.58. The Morgan fingerprint density at radius 2 is 2.38 bits per heavy atom. The minimum Gasteiger partial charge on any atom is -0.494 e. The number of rotatable bonds is 2. The van der Waals surface area contributed by atoms with Crippen LogP contribution in [0.1, 0.15) is 0 Å². The maximum atomic E-state index is 5.23. The average Bonchev–Trinajstić information content (AvgIpc) is 2.98. The van der Waals surface area contributed by atoms with E-state index in [1.54, 1.807) is 30.4 Å². The molecule has 0 unspecified atom stereocenters. The molecule has 3 heterocycles. The number of fused-ring (bicyclic) bond motifs is 1. The number of hydrogen-bond donors (Lipinski definition) is 1. The van der Waals surface area contributed by atoms with Crippen LogP contribution in [-0.2, 0) is 0 Å². The third-order valence-corrected chi connectivity index (χ3v) is 2.40. The van der Waals surface area contributed by atoms with Gasteiger partial charge in [0.15, 0.2) is 5.82 Å². The van der Waals surface area contributed by atoms with Gasteiger partial charge in [-0.15, -0.1) is 5.10 Å². The third-order valence-electron chi connectivity index (χ3n) is 2.40. The summed E-state index contributed by atoms with van der Waals surface area (Å²) in [5.41, 5.74) is 0.879. The van der Waals surface area contributed by atoms with Crippen molar-refractivity contribution in [3.63, 3.8) is 0 Å². The number of hydrogen-bond acceptors (Lipinski definition) is 4. The van der Waals surface area contributed by atoms with Gasteiger partial charge in [-0.2, -0.15) is 0 Å². The number of ether oxygens (including phenoxy) is 1. The van der Waals surface area contributed by atoms with Crippen molar-refractivity contribution in [2.75, 3.05) is 7.11 Å². The van der Waals surface area contributed by atoms with Crippen LogP contribution in [-0.4, -0.2) is 32.1 Å². The maximum absolute atomic E-state index is 5.23. The number of nitrogens with zero attached hydrogens (tertiary/aromatic N) is 4. The molecule has 0 aliphatic rings. The molecule has 0 spiro atoms. The van der Waals surface area contributed by atoms with Crippen molar-refractivity contribution < 1.29 is 4.74 Å². The van der Waals surface area contributed by atoms with Crippen molar-refractivity contribution >= 4 is 10.9 Å². The van der Waals surface area contributed by atoms with Crippen LogP contribution >= 0.6 is 0 Å². The summed E-state index contributed by atoms with van der Waals surface area (Å²) in [4.78, 5) is 7.42. The summed E-state index contributed by atoms with van der Waals surface area (Å²) in [6.07, 6.45) is 6.87. The molecule has 0 saturated carbocycles. The van der Waals surface area contributed by atoms with Gasteiger partial charge >= 0.3 is 0 Å². The Morgan fingerprint density at radius 3 is 3.12 bits per heavy atom. The number of methoxy groups -OCH3 is 1. The van der Waals surface area contributed by atoms with E-state index in [1.807, 2.05) is 12.3 Å². The predicted octanol–water partition coefficient (Wildman–Crippen LogP) is 1.15. The Balaban J connectivity index is 2.31. The smallest absolute Gasteiger partial charge is 0.179 e. The van der Waals surface area contributed by atoms with Gasteiger partial charge < -0.3 is 9.72 Å². The average molecular weight is 215 g/mol. The Bertz CT molecular complexity index is 613. The van der Waals surface area contributed by atoms with Crippen LogP contribution in [0.5, 0.6) is 5.75 Å². The Labute approximate surface area is 90.9 Å². The van der Waals surface area contributed by atoms with Crippen LogP contribution in [0.4, 0.5) is 0 Å². The van der Waals surface area contributed by atoms with Crippen molar-refractivity contribution in [3.05, 3.63) is 30.9 Å². The fourth-order valence-corrected chi connectivity index (χ4v) is 1.67. The van der Waals surface area contributed by atoms with E-state index in [9.17, 15) is 0 Å². The van der Waals surface area contributed by atoms with E-state index in [0.29, 0.717) is 5.82 Å². The van der Waals surface area contributed by atoms with E-state index in [-0.39, 0.29) is 0 Å². The molecule has 0 amide bonds. The molecule has 16 heavy (non-hydrogen) atoms. The van der Waals surface area contributed by atoms with Crippen LogP contribution in [0, 0.1) is 0 Å². The number of nitrogens with one attached hydrogen (secondary N) is 1. The van der Waals surface area contributed by atoms with Gasteiger partial charge in [-0.05, 0) is 6.07 Å². The summed E-state index contributed by atoms with van der Waals surface area (Å²) < 4.78 is 6.84. The molecule has 0 aliphatic carbocycles. The molecule has 3 rings (SSSR count). The molecule has 0 saturated heterocycles. The highest BCUT2D eigenvalue weighted by atomic mass is 16.5. The topological polar surface area (TPSA) is 68.6 Å². The summed E-state index contributed by atoms with van der Waals surface area (Å²) in [6.45, 7) is 0. The quantitative estimate of drug-likeness (QED) is 0.696. The summed E-state index contributed by atoms with van der Waals surface area (Å²) in [5.74, 6) is 1.44. The molecule has 3 aromatic rings. The molecule has 3 aromatic heterocycles. The summed E-state index contributed by atoms with van der Waals surface area (Å²) in [5, 5.41) is 8.65. The molecule has 6 nitrogen and oxygen atoms in total. The van der Waals surface area contributed by atoms with E-state index in [2.05, 4.69) is 20.3 Å². The highest BCUT2D eigenvalue weighted by Gasteiger charge is 2.10. The van der Waals surface area contributed by atoms with E-state index >= 15 is 0 Å². The molecule has 6 heteroatoms. The standard InChI is InChI=1S/C10H9N5O/c1-16-8-6-12-10(15-5-4-13-14-15)9-7(8)2-3-11-9/h2-6,11H,1H3. The number of aromatic nitrogens is 5. The lowest BCUT2D eigenvalue weighted by Crippen LogP contribution is -2.00. The minimum atomic E-state index is 0.707. The first-order chi connectivity index (χ1) is 7.90. The second kappa shape index (κ2) is 3.34. The molecule has 1 N–H and O–H groups in total. The Hall–Kier alpha value is -2.37. The van der Waals surface area contributed by atoms with Gasteiger partial charge in [0.2, 0.25) is 0 Å². The van der Waals surface area contributed by atoms with Gasteiger partial charge in [-0.3, -0.25) is 0 Å². The Kier molecular flexibility index (Phi) is 1.86. The zero-order valence-corrected chi connectivity index (χ0v) is 8.58. The largest absolute Gasteiger partial charge is 0.494 e. The molecule has 0 atom stereocenters. The van der Waals surface area contributed by atoms with Crippen molar-refractivity contribution in [3.8, 4) is 11.6 Å². The van der Waals surface area contributed by atoms with Crippen LogP contribution in [0.15, 0.2) is 30.9 Å². The molecule has 0 fully saturated rings. The lowest BCUT2D eigenvalue weighted by molar-refractivity contribution is 0.418. The van der Waals surface area contributed by atoms with E-state index in [1.165, 1.54) is 0 Å². The van der Waals surface area contributed by atoms with E-state index < -0.39 is 0 Å². The first-order valence-corrected chi connectivity index (χ1v) is 4.77. The first kappa shape index (κ1) is 8.90. The fraction of sp³-hybridized carbons (Fsp3) is 0.100. The predicted molar refractivity (Wildman–Crippen MR) is 57.6 cm³/mol. The van der Waals surface area contributed by atoms with Crippen molar-refractivity contribution in [2.45, 2.75) is 0 Å². The number of pyridine rings is 1. The number of H-pyrrole nitrogens is 1. The molecular formula is C10H9N5O. The SMILES string of the molecule is COc1cnc(-n2ccnn2)c2[nH]ccc12. The van der Waals surface area contributed by atoms with Gasteiger partial charge in [-0.25, -0.2) is 9.67 Å². The van der Waals surface area contributed by atoms with Crippen molar-refractivity contribution in [1.82, 2.24) is 25.0 Å². The first-order valence-electron chi connectivity index (χ1n) is 4.77. The zero-order chi connectivity index (χ0) is 11.0. The Morgan fingerprint density at radius 1 is 1.44 bits per heavy atom. The second-order valence-corrected chi connectivity index (χ2v) is 3.26. The number of aromatic amines is 1. The molecule has 0 bridgehead atoms. The summed E-state index contributed by atoms with van der Waals surface area (Å²) >= 11 is 0. The molecule has 0 radical (unpaired) electrons. The minimum absolute atomic E-state index is 0.707. The summed E-state index contributed by atoms with van der Waals surface area (Å²) in [6, 6.07) is 1.94. The van der Waals surface area contributed by atoms with Crippen LogP contribution < -0.4 is 4.74 Å². The monoisotopic (exact) mass is 215 g/mol. The van der Waals surface area contributed by atoms with E-state index in [0.717, 1.165) is 16.7 Å². The molecule has 0 aliphatic heterocycles. The second-order valence-electron chi connectivity index (χ2n) is 3.26. The highest BCUT2D eigenvalue weighted by Crippen LogP contribution is 2.26. The van der Waals surface area contributed by atoms with Gasteiger partial charge in [0, 0.05) is 11.6 Å². The molecular weight excluding hydrogens is 206 g/mol. The normalized spacial score (nSPS) is 10.8. The highest BCUT2D eigenvalue weighted by molar-refractivity contribution is 5.90. The van der Waals surface area contributed by atoms with E-state index in [4.69, 9.17) is 4.74 Å². The maximum Gasteiger partial charge on any atom is 0.179 e. The fourth-order valence-electron chi connectivity index (χ4n) is 1.67. The third kappa shape index (κ3) is 1.16. The van der Waals surface area contributed by atoms with Gasteiger partial charge in [0.05, 0.1) is 31.2 Å². The lowest BCUT2D eigenvalue weighted by atomic mass is 10.3. The van der Waals surface area contributed by atoms with Crippen molar-refractivity contribution in [2.24, 2.45) is 0 Å². The lowest BCUT2D eigenvalue weighted by Gasteiger charge is -2.05. The van der Waals surface area contributed by atoms with Crippen molar-refractivity contribution in [1.29, 1.82) is 0 Å². The van der Waals surface area contributed by atoms with Crippen LogP contribution in [0.2, 0.25) is 0 Å². The van der Waals surface area contributed by atoms with Crippen LogP contribution in [0.25, 0.3) is 16.7 Å². The molecule has 0 aromatic carbocycles. The van der Waals surface area contributed by atoms with Gasteiger partial charge in [0.25, 0.3) is 0 Å². The summed E-state index contributed by atoms with van der Waals surface area (Å²) in [7, 11) is 1.62. The van der Waals surface area contributed by atoms with Crippen LogP contribution in [0.3, 0.4) is 0 Å². The van der Waals surface area contributed by atoms with Gasteiger partial charge in [0.1, 0.15) is 5.75 Å². The van der Waals surface area contributed by atoms with Gasteiger partial charge in [-0.1, -0.05) is 5.21 Å². The molecule has 80 valence electrons.